The second-order valence-electron chi connectivity index (χ2n) is 4.19. The summed E-state index contributed by atoms with van der Waals surface area (Å²) in [7, 11) is 0. The lowest BCUT2D eigenvalue weighted by Gasteiger charge is -2.10. The number of carbonyl (C=O) groups excluding carboxylic acids is 1. The Labute approximate surface area is 125 Å². The van der Waals surface area contributed by atoms with Crippen LogP contribution in [0.25, 0.3) is 0 Å². The first-order valence-corrected chi connectivity index (χ1v) is 6.72. The van der Waals surface area contributed by atoms with E-state index in [1.165, 1.54) is 6.92 Å². The van der Waals surface area contributed by atoms with Crippen LogP contribution in [-0.2, 0) is 4.79 Å². The first kappa shape index (κ1) is 14.1. The number of hydrogen-bond donors (Lipinski definition) is 2. The van der Waals surface area contributed by atoms with Gasteiger partial charge in [0.1, 0.15) is 0 Å². The highest BCUT2D eigenvalue weighted by Gasteiger charge is 2.02. The van der Waals surface area contributed by atoms with Crippen LogP contribution in [-0.4, -0.2) is 5.91 Å². The quantitative estimate of drug-likeness (QED) is 0.893. The van der Waals surface area contributed by atoms with Gasteiger partial charge in [0.25, 0.3) is 0 Å². The average Bonchev–Trinajstić information content (AvgIpc) is 2.42. The Balaban J connectivity index is 2.14. The fraction of sp³-hybridized carbons (Fsp3) is 0.0667. The number of amides is 1. The molecule has 0 fully saturated rings. The standard InChI is InChI=1S/C15H12BrN3O/c1-10(20)18-12-3-5-13(6-4-12)19-15-7-2-11(9-17)8-14(15)16/h2-8,19H,1H3,(H,18,20). The lowest BCUT2D eigenvalue weighted by molar-refractivity contribution is -0.114. The molecule has 2 aromatic rings. The van der Waals surface area contributed by atoms with Gasteiger partial charge in [-0.1, -0.05) is 0 Å². The van der Waals surface area contributed by atoms with Gasteiger partial charge in [0, 0.05) is 22.8 Å². The summed E-state index contributed by atoms with van der Waals surface area (Å²) in [5, 5.41) is 14.8. The van der Waals surface area contributed by atoms with Gasteiger partial charge in [0.2, 0.25) is 5.91 Å². The van der Waals surface area contributed by atoms with Gasteiger partial charge in [-0.3, -0.25) is 4.79 Å². The van der Waals surface area contributed by atoms with E-state index in [1.54, 1.807) is 12.1 Å². The van der Waals surface area contributed by atoms with Crippen LogP contribution >= 0.6 is 15.9 Å². The molecule has 0 bridgehead atoms. The van der Waals surface area contributed by atoms with Gasteiger partial charge in [0.15, 0.2) is 0 Å². The number of nitriles is 1. The normalized spacial score (nSPS) is 9.65. The third-order valence-corrected chi connectivity index (χ3v) is 3.24. The highest BCUT2D eigenvalue weighted by Crippen LogP contribution is 2.27. The summed E-state index contributed by atoms with van der Waals surface area (Å²) in [6.45, 7) is 1.47. The van der Waals surface area contributed by atoms with Gasteiger partial charge in [-0.15, -0.1) is 0 Å². The van der Waals surface area contributed by atoms with Crippen LogP contribution in [0.2, 0.25) is 0 Å². The summed E-state index contributed by atoms with van der Waals surface area (Å²) in [4.78, 5) is 10.9. The molecule has 0 aliphatic rings. The first-order valence-electron chi connectivity index (χ1n) is 5.93. The molecule has 5 heteroatoms. The van der Waals surface area contributed by atoms with Crippen molar-refractivity contribution in [2.24, 2.45) is 0 Å². The van der Waals surface area contributed by atoms with Crippen molar-refractivity contribution in [2.45, 2.75) is 6.92 Å². The van der Waals surface area contributed by atoms with E-state index < -0.39 is 0 Å². The Morgan fingerprint density at radius 3 is 2.35 bits per heavy atom. The SMILES string of the molecule is CC(=O)Nc1ccc(Nc2ccc(C#N)cc2Br)cc1. The van der Waals surface area contributed by atoms with E-state index in [0.717, 1.165) is 21.5 Å². The predicted octanol–water partition coefficient (Wildman–Crippen LogP) is 4.02. The molecule has 4 nitrogen and oxygen atoms in total. The molecule has 0 unspecified atom stereocenters. The fourth-order valence-electron chi connectivity index (χ4n) is 1.68. The molecule has 0 aliphatic heterocycles. The molecule has 1 amide bonds. The summed E-state index contributed by atoms with van der Waals surface area (Å²) >= 11 is 3.42. The topological polar surface area (TPSA) is 64.9 Å². The Morgan fingerprint density at radius 2 is 1.80 bits per heavy atom. The lowest BCUT2D eigenvalue weighted by atomic mass is 10.2. The average molecular weight is 330 g/mol. The highest BCUT2D eigenvalue weighted by molar-refractivity contribution is 9.10. The zero-order chi connectivity index (χ0) is 14.5. The van der Waals surface area contributed by atoms with E-state index >= 15 is 0 Å². The molecule has 20 heavy (non-hydrogen) atoms. The van der Waals surface area contributed by atoms with Crippen molar-refractivity contribution in [3.8, 4) is 6.07 Å². The molecule has 2 N–H and O–H groups in total. The number of rotatable bonds is 3. The largest absolute Gasteiger partial charge is 0.355 e. The molecule has 2 rings (SSSR count). The van der Waals surface area contributed by atoms with E-state index in [2.05, 4.69) is 32.6 Å². The van der Waals surface area contributed by atoms with E-state index in [0.29, 0.717) is 5.56 Å². The molecular weight excluding hydrogens is 318 g/mol. The van der Waals surface area contributed by atoms with Crippen LogP contribution in [0.3, 0.4) is 0 Å². The van der Waals surface area contributed by atoms with Crippen molar-refractivity contribution in [1.29, 1.82) is 5.26 Å². The lowest BCUT2D eigenvalue weighted by Crippen LogP contribution is -2.05. The smallest absolute Gasteiger partial charge is 0.221 e. The monoisotopic (exact) mass is 329 g/mol. The fourth-order valence-corrected chi connectivity index (χ4v) is 2.16. The second-order valence-corrected chi connectivity index (χ2v) is 5.04. The minimum atomic E-state index is -0.0967. The van der Waals surface area contributed by atoms with Gasteiger partial charge < -0.3 is 10.6 Å². The van der Waals surface area contributed by atoms with Crippen LogP contribution in [0.15, 0.2) is 46.9 Å². The Hall–Kier alpha value is -2.32. The van der Waals surface area contributed by atoms with Crippen LogP contribution in [0.4, 0.5) is 17.1 Å². The van der Waals surface area contributed by atoms with Gasteiger partial charge in [-0.25, -0.2) is 0 Å². The molecular formula is C15H12BrN3O. The van der Waals surface area contributed by atoms with Gasteiger partial charge in [-0.2, -0.15) is 5.26 Å². The Morgan fingerprint density at radius 1 is 1.15 bits per heavy atom. The third kappa shape index (κ3) is 3.59. The maximum atomic E-state index is 10.9. The van der Waals surface area contributed by atoms with Gasteiger partial charge in [0.05, 0.1) is 17.3 Å². The van der Waals surface area contributed by atoms with Crippen molar-refractivity contribution in [3.05, 3.63) is 52.5 Å². The van der Waals surface area contributed by atoms with E-state index in [9.17, 15) is 4.79 Å². The van der Waals surface area contributed by atoms with Gasteiger partial charge in [-0.05, 0) is 58.4 Å². The molecule has 0 aliphatic carbocycles. The van der Waals surface area contributed by atoms with Crippen LogP contribution in [0, 0.1) is 11.3 Å². The summed E-state index contributed by atoms with van der Waals surface area (Å²) in [5.74, 6) is -0.0967. The van der Waals surface area contributed by atoms with E-state index in [1.807, 2.05) is 30.3 Å². The van der Waals surface area contributed by atoms with E-state index in [4.69, 9.17) is 5.26 Å². The molecule has 0 radical (unpaired) electrons. The minimum absolute atomic E-state index is 0.0967. The second kappa shape index (κ2) is 6.22. The Bertz CT molecular complexity index is 675. The molecule has 0 aromatic heterocycles. The van der Waals surface area contributed by atoms with Crippen LogP contribution < -0.4 is 10.6 Å². The van der Waals surface area contributed by atoms with Crippen LogP contribution in [0.5, 0.6) is 0 Å². The number of carbonyl (C=O) groups is 1. The van der Waals surface area contributed by atoms with Crippen molar-refractivity contribution in [1.82, 2.24) is 0 Å². The van der Waals surface area contributed by atoms with Crippen molar-refractivity contribution < 1.29 is 4.79 Å². The predicted molar refractivity (Wildman–Crippen MR) is 82.9 cm³/mol. The summed E-state index contributed by atoms with van der Waals surface area (Å²) in [5.41, 5.74) is 3.12. The van der Waals surface area contributed by atoms with Crippen LogP contribution in [0.1, 0.15) is 12.5 Å². The van der Waals surface area contributed by atoms with E-state index in [-0.39, 0.29) is 5.91 Å². The summed E-state index contributed by atoms with van der Waals surface area (Å²) in [6, 6.07) is 14.8. The zero-order valence-electron chi connectivity index (χ0n) is 10.8. The first-order chi connectivity index (χ1) is 9.58. The summed E-state index contributed by atoms with van der Waals surface area (Å²) < 4.78 is 0.822. The number of nitrogens with one attached hydrogen (secondary N) is 2. The van der Waals surface area contributed by atoms with Crippen molar-refractivity contribution in [3.63, 3.8) is 0 Å². The minimum Gasteiger partial charge on any atom is -0.355 e. The molecule has 0 saturated heterocycles. The molecule has 0 heterocycles. The number of anilines is 3. The maximum Gasteiger partial charge on any atom is 0.221 e. The summed E-state index contributed by atoms with van der Waals surface area (Å²) in [6.07, 6.45) is 0. The Kier molecular flexibility index (Phi) is 4.38. The number of halogens is 1. The van der Waals surface area contributed by atoms with Gasteiger partial charge >= 0.3 is 0 Å². The zero-order valence-corrected chi connectivity index (χ0v) is 12.4. The highest BCUT2D eigenvalue weighted by atomic mass is 79.9. The number of nitrogens with zero attached hydrogens (tertiary/aromatic N) is 1. The van der Waals surface area contributed by atoms with Crippen molar-refractivity contribution >= 4 is 38.9 Å². The maximum absolute atomic E-state index is 10.9. The molecule has 100 valence electrons. The molecule has 2 aromatic carbocycles. The number of benzene rings is 2. The molecule has 0 spiro atoms. The molecule has 0 saturated carbocycles. The number of hydrogen-bond acceptors (Lipinski definition) is 3. The van der Waals surface area contributed by atoms with Crippen molar-refractivity contribution in [2.75, 3.05) is 10.6 Å². The third-order valence-electron chi connectivity index (χ3n) is 2.58. The molecule has 0 atom stereocenters.